The third-order valence-corrected chi connectivity index (χ3v) is 10.0. The van der Waals surface area contributed by atoms with E-state index in [1.54, 1.807) is 10.8 Å². The van der Waals surface area contributed by atoms with E-state index in [1.807, 2.05) is 48.7 Å². The van der Waals surface area contributed by atoms with Crippen molar-refractivity contribution in [1.29, 1.82) is 0 Å². The summed E-state index contributed by atoms with van der Waals surface area (Å²) < 4.78 is 2.22. The number of aromatic nitrogens is 1. The van der Waals surface area contributed by atoms with E-state index in [4.69, 9.17) is 4.98 Å². The molecule has 1 aliphatic carbocycles. The first kappa shape index (κ1) is 21.5. The van der Waals surface area contributed by atoms with Crippen molar-refractivity contribution in [2.45, 2.75) is 0 Å². The number of hydrogen-bond donors (Lipinski definition) is 0. The van der Waals surface area contributed by atoms with Crippen LogP contribution in [0.1, 0.15) is 24.3 Å². The van der Waals surface area contributed by atoms with Crippen LogP contribution in [0.25, 0.3) is 6.08 Å². The van der Waals surface area contributed by atoms with Crippen LogP contribution in [0.3, 0.4) is 0 Å². The molecule has 0 saturated carbocycles. The Kier molecular flexibility index (Phi) is 5.03. The molecule has 0 amide bonds. The van der Waals surface area contributed by atoms with Gasteiger partial charge in [-0.05, 0) is 0 Å². The molecule has 3 aromatic heterocycles. The Morgan fingerprint density at radius 1 is 0.722 bits per heavy atom. The minimum absolute atomic E-state index is 0.160. The third-order valence-electron chi connectivity index (χ3n) is 6.36. The summed E-state index contributed by atoms with van der Waals surface area (Å²) in [4.78, 5) is 34.9. The summed E-state index contributed by atoms with van der Waals surface area (Å²) in [5.41, 5.74) is 5.57. The number of carbonyl (C=O) groups is 2. The van der Waals surface area contributed by atoms with Crippen LogP contribution in [0.4, 0.5) is 32.3 Å². The van der Waals surface area contributed by atoms with Crippen molar-refractivity contribution < 1.29 is 9.59 Å². The van der Waals surface area contributed by atoms with Gasteiger partial charge in [0.2, 0.25) is 0 Å². The zero-order valence-corrected chi connectivity index (χ0v) is 21.9. The van der Waals surface area contributed by atoms with Gasteiger partial charge in [-0.1, -0.05) is 0 Å². The summed E-state index contributed by atoms with van der Waals surface area (Å²) in [5, 5.41) is 3.54. The van der Waals surface area contributed by atoms with Gasteiger partial charge in [0.05, 0.1) is 0 Å². The normalized spacial score (nSPS) is 14.1. The Labute approximate surface area is 221 Å². The van der Waals surface area contributed by atoms with Crippen molar-refractivity contribution in [2.24, 2.45) is 0 Å². The molecule has 2 aromatic carbocycles. The number of fused-ring (bicyclic) bond motifs is 3. The fraction of sp³-hybridized carbons (Fsp3) is 0. The molecule has 7 heteroatoms. The van der Waals surface area contributed by atoms with Gasteiger partial charge in [0.1, 0.15) is 0 Å². The van der Waals surface area contributed by atoms with Gasteiger partial charge >= 0.3 is 222 Å². The average Bonchev–Trinajstić information content (AvgIpc) is 3.64. The molecule has 0 N–H and O–H groups in total. The topological polar surface area (TPSA) is 53.5 Å². The summed E-state index contributed by atoms with van der Waals surface area (Å²) in [6.45, 7) is 0. The van der Waals surface area contributed by atoms with Gasteiger partial charge in [-0.15, -0.1) is 0 Å². The second-order valence-electron chi connectivity index (χ2n) is 8.43. The maximum atomic E-state index is 12.8. The number of benzene rings is 2. The van der Waals surface area contributed by atoms with Gasteiger partial charge in [-0.3, -0.25) is 0 Å². The van der Waals surface area contributed by atoms with Crippen LogP contribution >= 0.6 is 11.3 Å². The standard InChI is InChI=1S/C29H17N3O2STe/c33-27-20(28(34)22-17-35-16-21(22)27)15-19-12-13-26(36-19)32-24-10-5-4-9-23(24)31(18-7-2-1-3-8-18)25-11-6-14-30-29(25)32/h1-17H. The molecule has 0 unspecified atom stereocenters. The number of anilines is 6. The van der Waals surface area contributed by atoms with Crippen LogP contribution in [0.15, 0.2) is 101 Å². The molecule has 2 aliphatic rings. The molecule has 5 aromatic rings. The van der Waals surface area contributed by atoms with Crippen LogP contribution < -0.4 is 9.80 Å². The first-order valence-corrected chi connectivity index (χ1v) is 14.6. The number of allylic oxidation sites excluding steroid dienone is 1. The summed E-state index contributed by atoms with van der Waals surface area (Å²) in [6.07, 6.45) is 3.63. The van der Waals surface area contributed by atoms with Crippen molar-refractivity contribution in [3.8, 4) is 0 Å². The van der Waals surface area contributed by atoms with Gasteiger partial charge < -0.3 is 0 Å². The Bertz CT molecular complexity index is 1620. The SMILES string of the molecule is O=C1C(=Cc2ccc(N3c4ccccc4N(c4ccccc4)c4cccnc43)[te]2)C(=O)c2cscc21. The molecule has 0 saturated heterocycles. The van der Waals surface area contributed by atoms with Gasteiger partial charge in [-0.25, -0.2) is 0 Å². The predicted molar refractivity (Wildman–Crippen MR) is 145 cm³/mol. The van der Waals surface area contributed by atoms with E-state index < -0.39 is 20.4 Å². The van der Waals surface area contributed by atoms with E-state index in [-0.39, 0.29) is 17.1 Å². The summed E-state index contributed by atoms with van der Waals surface area (Å²) in [5.74, 6) is 0.549. The van der Waals surface area contributed by atoms with E-state index in [2.05, 4.69) is 52.3 Å². The molecule has 0 fully saturated rings. The first-order chi connectivity index (χ1) is 17.7. The molecule has 0 atom stereocenters. The second kappa shape index (κ2) is 8.42. The molecule has 0 bridgehead atoms. The van der Waals surface area contributed by atoms with E-state index >= 15 is 0 Å². The summed E-state index contributed by atoms with van der Waals surface area (Å²) >= 11 is 0.527. The summed E-state index contributed by atoms with van der Waals surface area (Å²) in [6, 6.07) is 26.9. The quantitative estimate of drug-likeness (QED) is 0.126. The average molecular weight is 599 g/mol. The number of rotatable bonds is 3. The Hall–Kier alpha value is -3.76. The minimum atomic E-state index is -0.869. The molecule has 1 aliphatic heterocycles. The number of para-hydroxylation sites is 3. The van der Waals surface area contributed by atoms with Crippen LogP contribution in [-0.4, -0.2) is 37.0 Å². The number of ketones is 2. The van der Waals surface area contributed by atoms with Crippen molar-refractivity contribution in [2.75, 3.05) is 9.80 Å². The number of hydrogen-bond acceptors (Lipinski definition) is 6. The van der Waals surface area contributed by atoms with Crippen molar-refractivity contribution >= 4 is 81.7 Å². The fourth-order valence-corrected chi connectivity index (χ4v) is 8.32. The van der Waals surface area contributed by atoms with E-state index in [0.29, 0.717) is 11.1 Å². The van der Waals surface area contributed by atoms with E-state index in [9.17, 15) is 9.59 Å². The molecular formula is C29H17N3O2STe. The summed E-state index contributed by atoms with van der Waals surface area (Å²) in [7, 11) is 0. The molecule has 36 heavy (non-hydrogen) atoms. The van der Waals surface area contributed by atoms with Crippen molar-refractivity contribution in [3.05, 3.63) is 116 Å². The molecule has 7 rings (SSSR count). The van der Waals surface area contributed by atoms with Crippen LogP contribution in [0, 0.1) is 0 Å². The van der Waals surface area contributed by atoms with Crippen molar-refractivity contribution in [1.82, 2.24) is 4.98 Å². The van der Waals surface area contributed by atoms with Crippen molar-refractivity contribution in [3.63, 3.8) is 0 Å². The van der Waals surface area contributed by atoms with E-state index in [0.717, 1.165) is 32.1 Å². The van der Waals surface area contributed by atoms with Crippen LogP contribution in [-0.2, 0) is 0 Å². The zero-order valence-electron chi connectivity index (χ0n) is 18.8. The monoisotopic (exact) mass is 601 g/mol. The van der Waals surface area contributed by atoms with Crippen LogP contribution in [0.2, 0.25) is 0 Å². The zero-order chi connectivity index (χ0) is 24.2. The molecule has 0 spiro atoms. The molecule has 4 heterocycles. The van der Waals surface area contributed by atoms with Gasteiger partial charge in [0.25, 0.3) is 0 Å². The van der Waals surface area contributed by atoms with Gasteiger partial charge in [0.15, 0.2) is 0 Å². The molecule has 5 nitrogen and oxygen atoms in total. The Balaban J connectivity index is 1.34. The first-order valence-electron chi connectivity index (χ1n) is 11.4. The number of Topliss-reactive ketones (excluding diaryl/α,β-unsaturated/α-hetero) is 2. The predicted octanol–water partition coefficient (Wildman–Crippen LogP) is 6.92. The number of nitrogens with zero attached hydrogens (tertiary/aromatic N) is 3. The number of thiophene rings is 1. The fourth-order valence-electron chi connectivity index (χ4n) is 4.76. The van der Waals surface area contributed by atoms with Gasteiger partial charge in [0, 0.05) is 0 Å². The second-order valence-corrected chi connectivity index (χ2v) is 12.3. The van der Waals surface area contributed by atoms with Gasteiger partial charge in [-0.2, -0.15) is 0 Å². The molecule has 0 radical (unpaired) electrons. The van der Waals surface area contributed by atoms with E-state index in [1.165, 1.54) is 15.0 Å². The molecule has 172 valence electrons. The molecular weight excluding hydrogens is 582 g/mol. The number of carbonyl (C=O) groups excluding carboxylic acids is 2. The Morgan fingerprint density at radius 3 is 2.14 bits per heavy atom. The maximum absolute atomic E-state index is 12.8. The van der Waals surface area contributed by atoms with Crippen LogP contribution in [0.5, 0.6) is 0 Å². The third kappa shape index (κ3) is 3.25. The Morgan fingerprint density at radius 2 is 1.39 bits per heavy atom. The number of pyridine rings is 1.